The molecule has 0 unspecified atom stereocenters. The summed E-state index contributed by atoms with van der Waals surface area (Å²) in [6, 6.07) is 8.16. The van der Waals surface area contributed by atoms with Gasteiger partial charge in [-0.15, -0.1) is 5.10 Å². The molecule has 1 aliphatic rings. The van der Waals surface area contributed by atoms with Crippen LogP contribution in [0.3, 0.4) is 0 Å². The molecule has 0 N–H and O–H groups in total. The first-order chi connectivity index (χ1) is 16.0. The van der Waals surface area contributed by atoms with Gasteiger partial charge in [0, 0.05) is 11.6 Å². The lowest BCUT2D eigenvalue weighted by Crippen LogP contribution is -2.23. The Labute approximate surface area is 190 Å². The van der Waals surface area contributed by atoms with Gasteiger partial charge in [0.1, 0.15) is 4.90 Å². The van der Waals surface area contributed by atoms with Gasteiger partial charge >= 0.3 is 6.18 Å². The van der Waals surface area contributed by atoms with Crippen LogP contribution in [-0.4, -0.2) is 33.6 Å². The number of halogens is 3. The van der Waals surface area contributed by atoms with E-state index in [4.69, 9.17) is 0 Å². The summed E-state index contributed by atoms with van der Waals surface area (Å²) in [5.41, 5.74) is -1.84. The smallest absolute Gasteiger partial charge is 0.267 e. The largest absolute Gasteiger partial charge is 0.416 e. The van der Waals surface area contributed by atoms with Crippen LogP contribution in [0.2, 0.25) is 0 Å². The third-order valence-corrected chi connectivity index (χ3v) is 7.87. The topological polar surface area (TPSA) is 110 Å². The molecule has 0 amide bonds. The van der Waals surface area contributed by atoms with E-state index in [-0.39, 0.29) is 32.8 Å². The molecule has 0 spiro atoms. The summed E-state index contributed by atoms with van der Waals surface area (Å²) in [4.78, 5) is 12.9. The minimum Gasteiger partial charge on any atom is -0.267 e. The van der Waals surface area contributed by atoms with Crippen molar-refractivity contribution in [2.45, 2.75) is 36.3 Å². The van der Waals surface area contributed by atoms with Crippen LogP contribution in [0.25, 0.3) is 22.1 Å². The molecule has 0 saturated heterocycles. The summed E-state index contributed by atoms with van der Waals surface area (Å²) >= 11 is 0. The van der Waals surface area contributed by atoms with E-state index in [1.807, 2.05) is 0 Å². The highest BCUT2D eigenvalue weighted by molar-refractivity contribution is 7.91. The highest BCUT2D eigenvalue weighted by atomic mass is 32.2. The molecule has 0 bridgehead atoms. The van der Waals surface area contributed by atoms with E-state index in [9.17, 15) is 31.6 Å². The van der Waals surface area contributed by atoms with Gasteiger partial charge in [0.15, 0.2) is 15.7 Å². The Morgan fingerprint density at radius 1 is 1.21 bits per heavy atom. The molecule has 1 aliphatic carbocycles. The van der Waals surface area contributed by atoms with Crippen molar-refractivity contribution >= 4 is 26.1 Å². The Balaban J connectivity index is 1.82. The van der Waals surface area contributed by atoms with Crippen molar-refractivity contribution in [1.82, 2.24) is 19.4 Å². The van der Waals surface area contributed by atoms with Gasteiger partial charge in [0.25, 0.3) is 5.56 Å². The quantitative estimate of drug-likeness (QED) is 0.436. The van der Waals surface area contributed by atoms with Crippen molar-refractivity contribution in [3.05, 3.63) is 64.2 Å². The zero-order valence-electron chi connectivity index (χ0n) is 17.7. The number of nitriles is 1. The van der Waals surface area contributed by atoms with Crippen molar-refractivity contribution < 1.29 is 21.6 Å². The fraction of sp³-hybridized carbons (Fsp3) is 0.273. The number of hydrogen-bond donors (Lipinski definition) is 0. The fourth-order valence-electron chi connectivity index (χ4n) is 3.95. The summed E-state index contributed by atoms with van der Waals surface area (Å²) < 4.78 is 67.7. The Morgan fingerprint density at radius 2 is 1.94 bits per heavy atom. The number of aromatic nitrogens is 4. The molecular formula is C22H16F3N5O3S. The molecule has 1 aromatic carbocycles. The average molecular weight is 487 g/mol. The van der Waals surface area contributed by atoms with Crippen LogP contribution in [0.4, 0.5) is 13.2 Å². The normalized spacial score (nSPS) is 15.5. The molecule has 3 heterocycles. The SMILES string of the molecule is CCS(=O)(=O)c1c(-n2ncc3ccc(C(F)(F)F)cc3c2=O)nn2ccc(C3(C#N)CC3)cc12. The Morgan fingerprint density at radius 3 is 2.56 bits per heavy atom. The number of rotatable bonds is 4. The maximum Gasteiger partial charge on any atom is 0.416 e. The summed E-state index contributed by atoms with van der Waals surface area (Å²) in [5, 5.41) is 17.7. The Hall–Kier alpha value is -3.72. The lowest BCUT2D eigenvalue weighted by atomic mass is 9.99. The first-order valence-electron chi connectivity index (χ1n) is 10.3. The molecular weight excluding hydrogens is 471 g/mol. The first-order valence-corrected chi connectivity index (χ1v) is 11.9. The van der Waals surface area contributed by atoms with E-state index in [0.717, 1.165) is 12.1 Å². The van der Waals surface area contributed by atoms with Crippen molar-refractivity contribution in [2.75, 3.05) is 5.75 Å². The van der Waals surface area contributed by atoms with Crippen molar-refractivity contribution in [2.24, 2.45) is 0 Å². The standard InChI is InChI=1S/C22H16F3N5O3S/c1-2-34(32,33)18-17-10-14(21(12-26)6-7-21)5-8-29(17)28-19(18)30-20(31)16-9-15(22(23,24)25)4-3-13(16)11-27-30/h3-5,8-11H,2,6-7H2,1H3. The third kappa shape index (κ3) is 3.27. The van der Waals surface area contributed by atoms with Gasteiger partial charge in [-0.05, 0) is 42.7 Å². The molecule has 4 aromatic rings. The maximum absolute atomic E-state index is 13.2. The van der Waals surface area contributed by atoms with Gasteiger partial charge in [0.2, 0.25) is 0 Å². The molecule has 1 fully saturated rings. The zero-order chi connectivity index (χ0) is 24.5. The van der Waals surface area contributed by atoms with E-state index in [1.54, 1.807) is 12.1 Å². The Bertz CT molecular complexity index is 1690. The number of fused-ring (bicyclic) bond motifs is 2. The van der Waals surface area contributed by atoms with Gasteiger partial charge in [-0.1, -0.05) is 13.0 Å². The molecule has 0 atom stereocenters. The average Bonchev–Trinajstić information content (AvgIpc) is 3.51. The number of pyridine rings is 1. The molecule has 0 radical (unpaired) electrons. The highest BCUT2D eigenvalue weighted by Gasteiger charge is 2.45. The van der Waals surface area contributed by atoms with Crippen LogP contribution in [0.5, 0.6) is 0 Å². The maximum atomic E-state index is 13.2. The van der Waals surface area contributed by atoms with Crippen LogP contribution >= 0.6 is 0 Å². The lowest BCUT2D eigenvalue weighted by molar-refractivity contribution is -0.137. The summed E-state index contributed by atoms with van der Waals surface area (Å²) in [6.07, 6.45) is -0.699. The minimum absolute atomic E-state index is 0.161. The van der Waals surface area contributed by atoms with Crippen molar-refractivity contribution in [3.63, 3.8) is 0 Å². The minimum atomic E-state index is -4.66. The summed E-state index contributed by atoms with van der Waals surface area (Å²) in [6.45, 7) is 1.43. The molecule has 3 aromatic heterocycles. The van der Waals surface area contributed by atoms with Gasteiger partial charge in [-0.25, -0.2) is 12.9 Å². The Kier molecular flexibility index (Phi) is 4.64. The second-order valence-electron chi connectivity index (χ2n) is 8.16. The third-order valence-electron chi connectivity index (χ3n) is 6.10. The molecule has 174 valence electrons. The molecule has 0 aliphatic heterocycles. The van der Waals surface area contributed by atoms with Gasteiger partial charge in [-0.2, -0.15) is 28.2 Å². The second-order valence-corrected chi connectivity index (χ2v) is 10.4. The van der Waals surface area contributed by atoms with Crippen LogP contribution in [-0.2, 0) is 21.4 Å². The van der Waals surface area contributed by atoms with E-state index in [0.29, 0.717) is 29.2 Å². The lowest BCUT2D eigenvalue weighted by Gasteiger charge is -2.09. The molecule has 1 saturated carbocycles. The second kappa shape index (κ2) is 7.14. The first kappa shape index (κ1) is 22.1. The van der Waals surface area contributed by atoms with Crippen molar-refractivity contribution in [3.8, 4) is 11.9 Å². The van der Waals surface area contributed by atoms with E-state index < -0.39 is 32.6 Å². The number of benzene rings is 1. The molecule has 12 heteroatoms. The summed E-state index contributed by atoms with van der Waals surface area (Å²) in [7, 11) is -3.96. The predicted octanol–water partition coefficient (Wildman–Crippen LogP) is 3.40. The van der Waals surface area contributed by atoms with Crippen LogP contribution < -0.4 is 5.56 Å². The predicted molar refractivity (Wildman–Crippen MR) is 115 cm³/mol. The van der Waals surface area contributed by atoms with Crippen LogP contribution in [0.15, 0.2) is 52.4 Å². The highest BCUT2D eigenvalue weighted by Crippen LogP contribution is 2.48. The number of hydrogen-bond acceptors (Lipinski definition) is 6. The number of alkyl halides is 3. The fourth-order valence-corrected chi connectivity index (χ4v) is 5.11. The van der Waals surface area contributed by atoms with Crippen LogP contribution in [0, 0.1) is 11.3 Å². The monoisotopic (exact) mass is 487 g/mol. The summed E-state index contributed by atoms with van der Waals surface area (Å²) in [5.74, 6) is -0.625. The van der Waals surface area contributed by atoms with E-state index in [1.165, 1.54) is 23.8 Å². The van der Waals surface area contributed by atoms with Gasteiger partial charge in [0.05, 0.1) is 39.9 Å². The molecule has 8 nitrogen and oxygen atoms in total. The molecule has 5 rings (SSSR count). The zero-order valence-corrected chi connectivity index (χ0v) is 18.5. The number of sulfone groups is 1. The van der Waals surface area contributed by atoms with E-state index in [2.05, 4.69) is 16.3 Å². The van der Waals surface area contributed by atoms with Gasteiger partial charge < -0.3 is 0 Å². The van der Waals surface area contributed by atoms with E-state index >= 15 is 0 Å². The van der Waals surface area contributed by atoms with Crippen LogP contribution in [0.1, 0.15) is 30.9 Å². The number of nitrogens with zero attached hydrogens (tertiary/aromatic N) is 5. The molecule has 34 heavy (non-hydrogen) atoms. The van der Waals surface area contributed by atoms with Crippen molar-refractivity contribution in [1.29, 1.82) is 5.26 Å². The van der Waals surface area contributed by atoms with Gasteiger partial charge in [-0.3, -0.25) is 4.79 Å².